The molecule has 0 aliphatic heterocycles. The summed E-state index contributed by atoms with van der Waals surface area (Å²) in [6.45, 7) is 0. The monoisotopic (exact) mass is 328 g/mol. The van der Waals surface area contributed by atoms with Gasteiger partial charge >= 0.3 is 6.00 Å². The molecule has 0 aromatic heterocycles. The van der Waals surface area contributed by atoms with Gasteiger partial charge in [-0.2, -0.15) is 0 Å². The molecule has 17 heavy (non-hydrogen) atoms. The highest BCUT2D eigenvalue weighted by Gasteiger charge is 2.29. The van der Waals surface area contributed by atoms with Gasteiger partial charge in [-0.05, 0) is 12.5 Å². The van der Waals surface area contributed by atoms with Gasteiger partial charge in [0.2, 0.25) is 5.82 Å². The van der Waals surface area contributed by atoms with E-state index in [4.69, 9.17) is 33.2 Å². The van der Waals surface area contributed by atoms with Crippen LogP contribution in [-0.4, -0.2) is 6.00 Å². The molecule has 0 aliphatic rings. The fourth-order valence-electron chi connectivity index (χ4n) is 1.14. The van der Waals surface area contributed by atoms with E-state index >= 15 is 0 Å². The number of benzene rings is 1. The van der Waals surface area contributed by atoms with Crippen LogP contribution in [0.4, 0.5) is 22.0 Å². The molecule has 0 radical (unpaired) electrons. The minimum atomic E-state index is -3.19. The van der Waals surface area contributed by atoms with Crippen molar-refractivity contribution >= 4 is 39.2 Å². The molecule has 0 aliphatic carbocycles. The molecule has 96 valence electrons. The first-order valence-electron chi connectivity index (χ1n) is 4.22. The van der Waals surface area contributed by atoms with Crippen LogP contribution in [0.2, 0.25) is 6.04 Å². The van der Waals surface area contributed by atoms with Crippen LogP contribution in [0.15, 0.2) is 0 Å². The van der Waals surface area contributed by atoms with E-state index in [-0.39, 0.29) is 6.04 Å². The van der Waals surface area contributed by atoms with Crippen molar-refractivity contribution in [3.63, 3.8) is 0 Å². The molecule has 0 saturated heterocycles. The van der Waals surface area contributed by atoms with Gasteiger partial charge in [-0.25, -0.2) is 22.0 Å². The molecule has 9 heteroatoms. The molecule has 0 N–H and O–H groups in total. The number of hydrogen-bond acceptors (Lipinski definition) is 0. The number of rotatable bonds is 3. The number of hydrogen-bond donors (Lipinski definition) is 0. The van der Waals surface area contributed by atoms with Gasteiger partial charge in [-0.15, -0.1) is 33.2 Å². The molecule has 0 nitrogen and oxygen atoms in total. The minimum absolute atomic E-state index is 0.240. The van der Waals surface area contributed by atoms with E-state index in [1.807, 2.05) is 0 Å². The fourth-order valence-corrected chi connectivity index (χ4v) is 2.52. The molecule has 0 spiro atoms. The van der Waals surface area contributed by atoms with Gasteiger partial charge in [0.05, 0.1) is 0 Å². The van der Waals surface area contributed by atoms with Crippen molar-refractivity contribution in [2.45, 2.75) is 12.5 Å². The van der Waals surface area contributed by atoms with Crippen LogP contribution < -0.4 is 0 Å². The molecule has 0 bridgehead atoms. The van der Waals surface area contributed by atoms with E-state index < -0.39 is 47.1 Å². The van der Waals surface area contributed by atoms with Crippen LogP contribution in [0.3, 0.4) is 0 Å². The van der Waals surface area contributed by atoms with Gasteiger partial charge in [0.25, 0.3) is 0 Å². The highest BCUT2D eigenvalue weighted by molar-refractivity contribution is 7.64. The fraction of sp³-hybridized carbons (Fsp3) is 0.250. The first kappa shape index (κ1) is 15.0. The summed E-state index contributed by atoms with van der Waals surface area (Å²) in [5.41, 5.74) is -0.958. The lowest BCUT2D eigenvalue weighted by molar-refractivity contribution is 0.370. The van der Waals surface area contributed by atoms with Crippen LogP contribution in [0.25, 0.3) is 0 Å². The lowest BCUT2D eigenvalue weighted by Gasteiger charge is -2.10. The third-order valence-electron chi connectivity index (χ3n) is 1.96. The van der Waals surface area contributed by atoms with Gasteiger partial charge in [0, 0.05) is 5.56 Å². The minimum Gasteiger partial charge on any atom is -0.203 e. The second-order valence-electron chi connectivity index (χ2n) is 3.16. The Kier molecular flexibility index (Phi) is 4.68. The molecule has 1 aromatic rings. The molecular formula is C8H4Cl3F5Si. The maximum absolute atomic E-state index is 13.1. The molecule has 0 atom stereocenters. The third kappa shape index (κ3) is 3.46. The smallest absolute Gasteiger partial charge is 0.203 e. The van der Waals surface area contributed by atoms with Gasteiger partial charge in [-0.3, -0.25) is 0 Å². The molecule has 1 rings (SSSR count). The predicted octanol–water partition coefficient (Wildman–Crippen LogP) is 4.58. The number of halogens is 8. The Morgan fingerprint density at radius 1 is 0.706 bits per heavy atom. The first-order chi connectivity index (χ1) is 7.65. The Hall–Kier alpha value is -0.0431. The Balaban J connectivity index is 3.16. The average molecular weight is 330 g/mol. The van der Waals surface area contributed by atoms with Crippen molar-refractivity contribution < 1.29 is 22.0 Å². The molecule has 0 unspecified atom stereocenters. The van der Waals surface area contributed by atoms with Gasteiger partial charge < -0.3 is 0 Å². The largest absolute Gasteiger partial charge is 0.341 e. The average Bonchev–Trinajstić information content (AvgIpc) is 2.22. The standard InChI is InChI=1S/C8H4Cl3F5Si/c9-17(10,11)2-1-3-4(12)6(14)8(16)7(15)5(3)13/h1-2H2. The van der Waals surface area contributed by atoms with Gasteiger partial charge in [0.1, 0.15) is 0 Å². The van der Waals surface area contributed by atoms with E-state index in [1.165, 1.54) is 0 Å². The van der Waals surface area contributed by atoms with Crippen LogP contribution in [-0.2, 0) is 6.42 Å². The van der Waals surface area contributed by atoms with Crippen LogP contribution in [0.5, 0.6) is 0 Å². The van der Waals surface area contributed by atoms with Crippen LogP contribution in [0, 0.1) is 29.1 Å². The van der Waals surface area contributed by atoms with Gasteiger partial charge in [0.15, 0.2) is 23.3 Å². The maximum atomic E-state index is 13.1. The van der Waals surface area contributed by atoms with Crippen molar-refractivity contribution in [2.24, 2.45) is 0 Å². The Morgan fingerprint density at radius 2 is 1.06 bits per heavy atom. The summed E-state index contributed by atoms with van der Waals surface area (Å²) in [5.74, 6) is -9.96. The normalized spacial score (nSPS) is 12.0. The summed E-state index contributed by atoms with van der Waals surface area (Å²) in [4.78, 5) is 0. The van der Waals surface area contributed by atoms with Crippen molar-refractivity contribution in [3.05, 3.63) is 34.6 Å². The molecule has 0 heterocycles. The molecular weight excluding hydrogens is 326 g/mol. The Labute approximate surface area is 108 Å². The highest BCUT2D eigenvalue weighted by atomic mass is 35.8. The lowest BCUT2D eigenvalue weighted by Crippen LogP contribution is -2.13. The third-order valence-corrected chi connectivity index (χ3v) is 4.48. The SMILES string of the molecule is Fc1c(F)c(F)c(CC[Si](Cl)(Cl)Cl)c(F)c1F. The maximum Gasteiger partial charge on any atom is 0.341 e. The highest BCUT2D eigenvalue weighted by Crippen LogP contribution is 2.30. The van der Waals surface area contributed by atoms with E-state index in [0.29, 0.717) is 0 Å². The molecule has 1 aromatic carbocycles. The van der Waals surface area contributed by atoms with Crippen LogP contribution in [0.1, 0.15) is 5.56 Å². The van der Waals surface area contributed by atoms with Crippen molar-refractivity contribution in [2.75, 3.05) is 0 Å². The molecule has 0 fully saturated rings. The Morgan fingerprint density at radius 3 is 1.41 bits per heavy atom. The zero-order valence-corrected chi connectivity index (χ0v) is 11.2. The zero-order valence-electron chi connectivity index (χ0n) is 7.94. The molecule has 0 amide bonds. The molecule has 0 saturated carbocycles. The van der Waals surface area contributed by atoms with Gasteiger partial charge in [-0.1, -0.05) is 0 Å². The van der Waals surface area contributed by atoms with Crippen molar-refractivity contribution in [1.29, 1.82) is 0 Å². The summed E-state index contributed by atoms with van der Waals surface area (Å²) in [5, 5.41) is 0. The van der Waals surface area contributed by atoms with Crippen molar-refractivity contribution in [3.8, 4) is 0 Å². The predicted molar refractivity (Wildman–Crippen MR) is 58.1 cm³/mol. The summed E-state index contributed by atoms with van der Waals surface area (Å²) in [6, 6.07) is -3.43. The summed E-state index contributed by atoms with van der Waals surface area (Å²) in [6.07, 6.45) is -0.519. The summed E-state index contributed by atoms with van der Waals surface area (Å²) >= 11 is 16.4. The van der Waals surface area contributed by atoms with Crippen molar-refractivity contribution in [1.82, 2.24) is 0 Å². The second kappa shape index (κ2) is 5.30. The summed E-state index contributed by atoms with van der Waals surface area (Å²) in [7, 11) is 0. The first-order valence-corrected chi connectivity index (χ1v) is 9.46. The lowest BCUT2D eigenvalue weighted by atomic mass is 10.1. The van der Waals surface area contributed by atoms with Crippen LogP contribution >= 0.6 is 33.2 Å². The van der Waals surface area contributed by atoms with E-state index in [1.54, 1.807) is 0 Å². The zero-order chi connectivity index (χ0) is 13.4. The second-order valence-corrected chi connectivity index (χ2v) is 12.4. The topological polar surface area (TPSA) is 0 Å². The van der Waals surface area contributed by atoms with E-state index in [9.17, 15) is 22.0 Å². The summed E-state index contributed by atoms with van der Waals surface area (Å²) < 4.78 is 64.5. The van der Waals surface area contributed by atoms with E-state index in [0.717, 1.165) is 0 Å². The Bertz CT molecular complexity index is 417. The van der Waals surface area contributed by atoms with E-state index in [2.05, 4.69) is 0 Å². The quantitative estimate of drug-likeness (QED) is 0.250.